The van der Waals surface area contributed by atoms with Crippen LogP contribution in [0.3, 0.4) is 0 Å². The van der Waals surface area contributed by atoms with Crippen molar-refractivity contribution in [3.8, 4) is 0 Å². The molecule has 0 aliphatic carbocycles. The third kappa shape index (κ3) is 4.41. The summed E-state index contributed by atoms with van der Waals surface area (Å²) in [6.45, 7) is 3.87. The molecule has 172 valence electrons. The molecule has 0 saturated carbocycles. The molecule has 3 heterocycles. The van der Waals surface area contributed by atoms with Crippen molar-refractivity contribution in [1.82, 2.24) is 9.78 Å². The van der Waals surface area contributed by atoms with Crippen molar-refractivity contribution >= 4 is 23.3 Å². The van der Waals surface area contributed by atoms with Gasteiger partial charge in [-0.25, -0.2) is 0 Å². The van der Waals surface area contributed by atoms with Gasteiger partial charge in [-0.2, -0.15) is 9.78 Å². The number of rotatable bonds is 5. The van der Waals surface area contributed by atoms with E-state index in [1.54, 1.807) is 6.20 Å². The summed E-state index contributed by atoms with van der Waals surface area (Å²) < 4.78 is 12.3. The van der Waals surface area contributed by atoms with Gasteiger partial charge in [-0.15, -0.1) is 0 Å². The largest absolute Gasteiger partial charge is 0.469 e. The van der Waals surface area contributed by atoms with Crippen LogP contribution in [0.5, 0.6) is 0 Å². The summed E-state index contributed by atoms with van der Waals surface area (Å²) in [5.41, 5.74) is 2.00. The lowest BCUT2D eigenvalue weighted by Gasteiger charge is -2.41. The van der Waals surface area contributed by atoms with Gasteiger partial charge in [-0.3, -0.25) is 9.59 Å². The average molecular weight is 460 g/mol. The van der Waals surface area contributed by atoms with Crippen molar-refractivity contribution < 1.29 is 14.3 Å². The molecule has 1 aromatic heterocycles. The van der Waals surface area contributed by atoms with Crippen LogP contribution >= 0.6 is 11.6 Å². The summed E-state index contributed by atoms with van der Waals surface area (Å²) in [7, 11) is 1.45. The van der Waals surface area contributed by atoms with E-state index < -0.39 is 5.41 Å². The Kier molecular flexibility index (Phi) is 6.86. The van der Waals surface area contributed by atoms with Crippen molar-refractivity contribution in [2.75, 3.05) is 31.7 Å². The molecule has 2 aliphatic rings. The Morgan fingerprint density at radius 1 is 1.28 bits per heavy atom. The highest BCUT2D eigenvalue weighted by Crippen LogP contribution is 2.39. The maximum atomic E-state index is 12.9. The predicted molar refractivity (Wildman–Crippen MR) is 123 cm³/mol. The van der Waals surface area contributed by atoms with E-state index in [1.165, 1.54) is 17.4 Å². The van der Waals surface area contributed by atoms with Crippen molar-refractivity contribution in [3.05, 3.63) is 57.0 Å². The highest BCUT2D eigenvalue weighted by Gasteiger charge is 2.43. The summed E-state index contributed by atoms with van der Waals surface area (Å²) in [6.07, 6.45) is 5.90. The van der Waals surface area contributed by atoms with Gasteiger partial charge in [0.25, 0.3) is 5.56 Å². The van der Waals surface area contributed by atoms with Gasteiger partial charge < -0.3 is 14.4 Å². The zero-order chi connectivity index (χ0) is 22.7. The Hall–Kier alpha value is -2.38. The molecule has 1 aromatic carbocycles. The first kappa shape index (κ1) is 22.8. The second kappa shape index (κ2) is 9.63. The van der Waals surface area contributed by atoms with Gasteiger partial charge in [-0.1, -0.05) is 35.9 Å². The van der Waals surface area contributed by atoms with Crippen LogP contribution < -0.4 is 10.5 Å². The van der Waals surface area contributed by atoms with Gasteiger partial charge in [0.2, 0.25) is 0 Å². The first-order chi connectivity index (χ1) is 15.4. The number of carbonyl (C=O) groups excluding carboxylic acids is 1. The smallest absolute Gasteiger partial charge is 0.312 e. The fraction of sp³-hybridized carbons (Fsp3) is 0.542. The van der Waals surface area contributed by atoms with Gasteiger partial charge in [0.1, 0.15) is 5.02 Å². The molecule has 2 aromatic rings. The molecule has 1 atom stereocenters. The Morgan fingerprint density at radius 3 is 2.69 bits per heavy atom. The molecular formula is C24H30ClN3O4. The Balaban J connectivity index is 1.53. The van der Waals surface area contributed by atoms with E-state index in [0.717, 1.165) is 24.8 Å². The van der Waals surface area contributed by atoms with Gasteiger partial charge in [0.15, 0.2) is 6.23 Å². The SMILES string of the molecule is COC(=O)C1(Cc2ccccc2C)CCN(c2cnn(C3CCCCO3)c(=O)c2Cl)CC1. The minimum atomic E-state index is -0.595. The molecule has 0 N–H and O–H groups in total. The maximum Gasteiger partial charge on any atom is 0.312 e. The van der Waals surface area contributed by atoms with Gasteiger partial charge >= 0.3 is 5.97 Å². The molecular weight excluding hydrogens is 430 g/mol. The zero-order valence-electron chi connectivity index (χ0n) is 18.7. The Labute approximate surface area is 193 Å². The van der Waals surface area contributed by atoms with Crippen LogP contribution in [0.4, 0.5) is 5.69 Å². The van der Waals surface area contributed by atoms with E-state index in [9.17, 15) is 9.59 Å². The summed E-state index contributed by atoms with van der Waals surface area (Å²) in [6, 6.07) is 8.13. The van der Waals surface area contributed by atoms with E-state index in [-0.39, 0.29) is 22.8 Å². The van der Waals surface area contributed by atoms with Crippen LogP contribution in [0.15, 0.2) is 35.3 Å². The van der Waals surface area contributed by atoms with E-state index in [0.29, 0.717) is 44.6 Å². The van der Waals surface area contributed by atoms with Crippen molar-refractivity contribution in [1.29, 1.82) is 0 Å². The lowest BCUT2D eigenvalue weighted by Crippen LogP contribution is -2.47. The second-order valence-corrected chi connectivity index (χ2v) is 9.15. The second-order valence-electron chi connectivity index (χ2n) is 8.78. The van der Waals surface area contributed by atoms with E-state index in [2.05, 4.69) is 24.2 Å². The molecule has 4 rings (SSSR count). The molecule has 8 heteroatoms. The topological polar surface area (TPSA) is 73.7 Å². The number of halogens is 1. The molecule has 0 bridgehead atoms. The maximum absolute atomic E-state index is 12.9. The van der Waals surface area contributed by atoms with E-state index in [1.807, 2.05) is 17.0 Å². The van der Waals surface area contributed by atoms with E-state index >= 15 is 0 Å². The van der Waals surface area contributed by atoms with Crippen LogP contribution in [0.1, 0.15) is 49.5 Å². The standard InChI is InChI=1S/C24H30ClN3O4/c1-17-7-3-4-8-18(17)15-24(23(30)31-2)10-12-27(13-11-24)19-16-26-28(22(29)21(19)25)20-9-5-6-14-32-20/h3-4,7-8,16,20H,5-6,9-15H2,1-2H3. The number of hydrogen-bond acceptors (Lipinski definition) is 6. The number of esters is 1. The van der Waals surface area contributed by atoms with Gasteiger partial charge in [0, 0.05) is 19.7 Å². The van der Waals surface area contributed by atoms with Crippen LogP contribution in [0.25, 0.3) is 0 Å². The number of piperidine rings is 1. The predicted octanol–water partition coefficient (Wildman–Crippen LogP) is 3.91. The third-order valence-electron chi connectivity index (χ3n) is 6.82. The molecule has 2 aliphatic heterocycles. The van der Waals surface area contributed by atoms with Crippen molar-refractivity contribution in [3.63, 3.8) is 0 Å². The molecule has 1 unspecified atom stereocenters. The molecule has 2 fully saturated rings. The van der Waals surface area contributed by atoms with Crippen LogP contribution in [-0.2, 0) is 20.7 Å². The summed E-state index contributed by atoms with van der Waals surface area (Å²) in [4.78, 5) is 27.8. The fourth-order valence-corrected chi connectivity index (χ4v) is 5.05. The Morgan fingerprint density at radius 2 is 2.03 bits per heavy atom. The molecule has 0 spiro atoms. The molecule has 32 heavy (non-hydrogen) atoms. The first-order valence-electron chi connectivity index (χ1n) is 11.2. The number of benzene rings is 1. The van der Waals surface area contributed by atoms with E-state index in [4.69, 9.17) is 21.1 Å². The van der Waals surface area contributed by atoms with Gasteiger partial charge in [0.05, 0.1) is 24.4 Å². The van der Waals surface area contributed by atoms with Crippen molar-refractivity contribution in [2.45, 2.75) is 51.7 Å². The number of aryl methyl sites for hydroxylation is 1. The van der Waals surface area contributed by atoms with Crippen LogP contribution in [0.2, 0.25) is 5.02 Å². The lowest BCUT2D eigenvalue weighted by atomic mass is 9.73. The lowest BCUT2D eigenvalue weighted by molar-refractivity contribution is -0.154. The fourth-order valence-electron chi connectivity index (χ4n) is 4.80. The molecule has 2 saturated heterocycles. The minimum Gasteiger partial charge on any atom is -0.469 e. The highest BCUT2D eigenvalue weighted by molar-refractivity contribution is 6.33. The Bertz CT molecular complexity index is 1020. The number of carbonyl (C=O) groups is 1. The number of anilines is 1. The van der Waals surface area contributed by atoms with Gasteiger partial charge in [-0.05, 0) is 56.6 Å². The summed E-state index contributed by atoms with van der Waals surface area (Å²) >= 11 is 6.50. The molecule has 0 amide bonds. The molecule has 7 nitrogen and oxygen atoms in total. The van der Waals surface area contributed by atoms with Crippen molar-refractivity contribution in [2.24, 2.45) is 5.41 Å². The average Bonchev–Trinajstić information content (AvgIpc) is 2.83. The minimum absolute atomic E-state index is 0.152. The third-order valence-corrected chi connectivity index (χ3v) is 7.18. The summed E-state index contributed by atoms with van der Waals surface area (Å²) in [5, 5.41) is 4.52. The normalized spacial score (nSPS) is 20.7. The number of hydrogen-bond donors (Lipinski definition) is 0. The monoisotopic (exact) mass is 459 g/mol. The summed E-state index contributed by atoms with van der Waals surface area (Å²) in [5.74, 6) is -0.186. The van der Waals surface area contributed by atoms with Crippen LogP contribution in [-0.4, -0.2) is 42.6 Å². The number of nitrogens with zero attached hydrogens (tertiary/aromatic N) is 3. The highest BCUT2D eigenvalue weighted by atomic mass is 35.5. The zero-order valence-corrected chi connectivity index (χ0v) is 19.4. The quantitative estimate of drug-likeness (QED) is 0.631. The number of ether oxygens (including phenoxy) is 2. The number of aromatic nitrogens is 2. The van der Waals surface area contributed by atoms with Crippen LogP contribution in [0, 0.1) is 12.3 Å². The molecule has 0 radical (unpaired) electrons. The number of methoxy groups -OCH3 is 1. The first-order valence-corrected chi connectivity index (χ1v) is 11.6.